The second kappa shape index (κ2) is 6.51. The van der Waals surface area contributed by atoms with Gasteiger partial charge in [0.25, 0.3) is 0 Å². The fourth-order valence-corrected chi connectivity index (χ4v) is 2.61. The zero-order valence-electron chi connectivity index (χ0n) is 12.8. The third kappa shape index (κ3) is 3.18. The number of aromatic nitrogens is 2. The number of carbonyl (C=O) groups excluding carboxylic acids is 2. The number of fused-ring (bicyclic) bond motifs is 1. The molecule has 23 heavy (non-hydrogen) atoms. The maximum absolute atomic E-state index is 12.7. The van der Waals surface area contributed by atoms with Crippen LogP contribution in [0.5, 0.6) is 0 Å². The van der Waals surface area contributed by atoms with Crippen LogP contribution < -0.4 is 10.6 Å². The number of nitrogens with one attached hydrogen (secondary N) is 2. The van der Waals surface area contributed by atoms with Crippen LogP contribution in [0.15, 0.2) is 36.4 Å². The van der Waals surface area contributed by atoms with Crippen molar-refractivity contribution in [2.75, 3.05) is 12.4 Å². The molecule has 7 heteroatoms. The number of benzene rings is 1. The van der Waals surface area contributed by atoms with Crippen molar-refractivity contribution in [2.45, 2.75) is 25.3 Å². The van der Waals surface area contributed by atoms with E-state index in [1.165, 1.54) is 11.7 Å². The Kier molecular flexibility index (Phi) is 4.27. The van der Waals surface area contributed by atoms with Gasteiger partial charge in [-0.3, -0.25) is 5.32 Å². The van der Waals surface area contributed by atoms with E-state index in [1.54, 1.807) is 12.1 Å². The zero-order valence-corrected chi connectivity index (χ0v) is 12.8. The van der Waals surface area contributed by atoms with Gasteiger partial charge >= 0.3 is 12.1 Å². The van der Waals surface area contributed by atoms with Gasteiger partial charge in [-0.05, 0) is 31.4 Å². The van der Waals surface area contributed by atoms with Crippen LogP contribution in [0.4, 0.5) is 15.5 Å². The van der Waals surface area contributed by atoms with Crippen molar-refractivity contribution in [1.29, 1.82) is 0 Å². The number of nitrogens with zero attached hydrogens (tertiary/aromatic N) is 2. The Hall–Kier alpha value is -2.83. The number of imidazole rings is 1. The van der Waals surface area contributed by atoms with Crippen LogP contribution in [0.1, 0.15) is 19.3 Å². The summed E-state index contributed by atoms with van der Waals surface area (Å²) in [5, 5.41) is 5.43. The highest BCUT2D eigenvalue weighted by molar-refractivity contribution is 5.96. The molecule has 2 aromatic rings. The number of methoxy groups -OCH3 is 1. The van der Waals surface area contributed by atoms with E-state index < -0.39 is 6.09 Å². The van der Waals surface area contributed by atoms with Crippen LogP contribution in [-0.4, -0.2) is 34.8 Å². The number of para-hydroxylation sites is 2. The highest BCUT2D eigenvalue weighted by Gasteiger charge is 2.20. The molecule has 7 nitrogen and oxygen atoms in total. The summed E-state index contributed by atoms with van der Waals surface area (Å²) in [4.78, 5) is 28.4. The summed E-state index contributed by atoms with van der Waals surface area (Å²) in [6.07, 6.45) is 6.36. The molecule has 3 rings (SSSR count). The predicted molar refractivity (Wildman–Crippen MR) is 86.5 cm³/mol. The average molecular weight is 314 g/mol. The molecule has 0 fully saturated rings. The minimum Gasteiger partial charge on any atom is -0.453 e. The lowest BCUT2D eigenvalue weighted by Gasteiger charge is -2.19. The number of hydrogen-bond donors (Lipinski definition) is 2. The molecule has 2 amide bonds. The van der Waals surface area contributed by atoms with Crippen molar-refractivity contribution in [1.82, 2.24) is 14.9 Å². The van der Waals surface area contributed by atoms with Crippen LogP contribution >= 0.6 is 0 Å². The summed E-state index contributed by atoms with van der Waals surface area (Å²) in [5.41, 5.74) is 1.24. The van der Waals surface area contributed by atoms with E-state index in [0.29, 0.717) is 11.0 Å². The van der Waals surface area contributed by atoms with Crippen molar-refractivity contribution in [3.63, 3.8) is 0 Å². The highest BCUT2D eigenvalue weighted by Crippen LogP contribution is 2.20. The molecule has 0 bridgehead atoms. The Morgan fingerprint density at radius 1 is 1.35 bits per heavy atom. The Balaban J connectivity index is 1.94. The summed E-state index contributed by atoms with van der Waals surface area (Å²) < 4.78 is 5.94. The van der Waals surface area contributed by atoms with Gasteiger partial charge < -0.3 is 10.1 Å². The SMILES string of the molecule is COC(=O)Nc1nc2ccccc2n1C(=O)NC1C=CCCC1. The molecule has 1 aliphatic rings. The fourth-order valence-electron chi connectivity index (χ4n) is 2.61. The molecule has 0 radical (unpaired) electrons. The monoisotopic (exact) mass is 314 g/mol. The van der Waals surface area contributed by atoms with Gasteiger partial charge in [0.2, 0.25) is 5.95 Å². The summed E-state index contributed by atoms with van der Waals surface area (Å²) in [6, 6.07) is 6.85. The van der Waals surface area contributed by atoms with Crippen molar-refractivity contribution in [3.8, 4) is 0 Å². The van der Waals surface area contributed by atoms with Crippen LogP contribution in [0.3, 0.4) is 0 Å². The number of allylic oxidation sites excluding steroid dienone is 1. The quantitative estimate of drug-likeness (QED) is 0.835. The predicted octanol–water partition coefficient (Wildman–Crippen LogP) is 2.88. The molecule has 1 aromatic heterocycles. The molecule has 0 aliphatic heterocycles. The first kappa shape index (κ1) is 15.1. The number of anilines is 1. The van der Waals surface area contributed by atoms with Gasteiger partial charge in [0, 0.05) is 6.04 Å². The van der Waals surface area contributed by atoms with Gasteiger partial charge in [0.05, 0.1) is 18.1 Å². The van der Waals surface area contributed by atoms with Crippen molar-refractivity contribution in [3.05, 3.63) is 36.4 Å². The molecule has 0 saturated heterocycles. The average Bonchev–Trinajstić information content (AvgIpc) is 2.93. The number of hydrogen-bond acceptors (Lipinski definition) is 4. The van der Waals surface area contributed by atoms with Gasteiger partial charge in [-0.2, -0.15) is 0 Å². The van der Waals surface area contributed by atoms with Gasteiger partial charge in [0.1, 0.15) is 0 Å². The Labute approximate surface area is 133 Å². The van der Waals surface area contributed by atoms with Crippen molar-refractivity contribution >= 4 is 29.1 Å². The maximum atomic E-state index is 12.7. The summed E-state index contributed by atoms with van der Waals surface area (Å²) >= 11 is 0. The molecular weight excluding hydrogens is 296 g/mol. The molecular formula is C16H18N4O3. The van der Waals surface area contributed by atoms with E-state index in [2.05, 4.69) is 26.4 Å². The first-order chi connectivity index (χ1) is 11.2. The van der Waals surface area contributed by atoms with Crippen LogP contribution in [0.25, 0.3) is 11.0 Å². The lowest BCUT2D eigenvalue weighted by Crippen LogP contribution is -2.38. The Morgan fingerprint density at radius 2 is 2.17 bits per heavy atom. The molecule has 120 valence electrons. The summed E-state index contributed by atoms with van der Waals surface area (Å²) in [5.74, 6) is 0.135. The van der Waals surface area contributed by atoms with Crippen molar-refractivity contribution < 1.29 is 14.3 Å². The fraction of sp³-hybridized carbons (Fsp3) is 0.312. The number of rotatable bonds is 2. The van der Waals surface area contributed by atoms with Gasteiger partial charge in [-0.25, -0.2) is 19.1 Å². The topological polar surface area (TPSA) is 85.2 Å². The van der Waals surface area contributed by atoms with E-state index in [9.17, 15) is 9.59 Å². The summed E-state index contributed by atoms with van der Waals surface area (Å²) in [6.45, 7) is 0. The van der Waals surface area contributed by atoms with E-state index in [0.717, 1.165) is 19.3 Å². The highest BCUT2D eigenvalue weighted by atomic mass is 16.5. The van der Waals surface area contributed by atoms with E-state index >= 15 is 0 Å². The number of carbonyl (C=O) groups is 2. The largest absolute Gasteiger partial charge is 0.453 e. The van der Waals surface area contributed by atoms with Gasteiger partial charge in [-0.1, -0.05) is 24.3 Å². The zero-order chi connectivity index (χ0) is 16.2. The van der Waals surface area contributed by atoms with Crippen LogP contribution in [0, 0.1) is 0 Å². The smallest absolute Gasteiger partial charge is 0.413 e. The van der Waals surface area contributed by atoms with Crippen LogP contribution in [0.2, 0.25) is 0 Å². The third-order valence-electron chi connectivity index (χ3n) is 3.73. The molecule has 1 atom stereocenters. The minimum atomic E-state index is -0.674. The number of ether oxygens (including phenoxy) is 1. The Bertz CT molecular complexity index is 766. The van der Waals surface area contributed by atoms with Gasteiger partial charge in [0.15, 0.2) is 0 Å². The molecule has 0 spiro atoms. The molecule has 0 saturated carbocycles. The first-order valence-corrected chi connectivity index (χ1v) is 7.49. The Morgan fingerprint density at radius 3 is 2.91 bits per heavy atom. The van der Waals surface area contributed by atoms with Crippen molar-refractivity contribution in [2.24, 2.45) is 0 Å². The minimum absolute atomic E-state index is 0.0108. The molecule has 1 aromatic carbocycles. The first-order valence-electron chi connectivity index (χ1n) is 7.49. The van der Waals surface area contributed by atoms with E-state index in [4.69, 9.17) is 0 Å². The van der Waals surface area contributed by atoms with E-state index in [1.807, 2.05) is 18.2 Å². The normalized spacial score (nSPS) is 17.0. The molecule has 2 N–H and O–H groups in total. The summed E-state index contributed by atoms with van der Waals surface area (Å²) in [7, 11) is 1.26. The molecule has 1 unspecified atom stereocenters. The standard InChI is InChI=1S/C16H18N4O3/c1-23-16(22)19-14-18-12-9-5-6-10-13(12)20(14)15(21)17-11-7-3-2-4-8-11/h3,5-7,9-11H,2,4,8H2,1H3,(H,17,21)(H,18,19,22). The maximum Gasteiger partial charge on any atom is 0.413 e. The second-order valence-corrected chi connectivity index (χ2v) is 5.29. The van der Waals surface area contributed by atoms with E-state index in [-0.39, 0.29) is 18.0 Å². The molecule has 1 aliphatic carbocycles. The van der Waals surface area contributed by atoms with Gasteiger partial charge in [-0.15, -0.1) is 0 Å². The molecule has 1 heterocycles. The second-order valence-electron chi connectivity index (χ2n) is 5.29. The lowest BCUT2D eigenvalue weighted by atomic mass is 10.0. The van der Waals surface area contributed by atoms with Crippen LogP contribution in [-0.2, 0) is 4.74 Å². The lowest BCUT2D eigenvalue weighted by molar-refractivity contribution is 0.186. The number of amides is 2. The third-order valence-corrected chi connectivity index (χ3v) is 3.73.